The van der Waals surface area contributed by atoms with E-state index in [1.54, 1.807) is 0 Å². The molecule has 1 fully saturated rings. The first-order valence-corrected chi connectivity index (χ1v) is 8.33. The first kappa shape index (κ1) is 15.8. The molecule has 1 aliphatic rings. The van der Waals surface area contributed by atoms with Crippen LogP contribution in [0.25, 0.3) is 0 Å². The predicted octanol–water partition coefficient (Wildman–Crippen LogP) is 3.68. The van der Waals surface area contributed by atoms with Gasteiger partial charge in [0, 0.05) is 6.54 Å². The normalized spacial score (nSPS) is 22.3. The van der Waals surface area contributed by atoms with E-state index in [-0.39, 0.29) is 0 Å². The summed E-state index contributed by atoms with van der Waals surface area (Å²) in [5.41, 5.74) is 2.21. The summed E-state index contributed by atoms with van der Waals surface area (Å²) in [5.74, 6) is 2.31. The second-order valence-electron chi connectivity index (χ2n) is 6.52. The van der Waals surface area contributed by atoms with Gasteiger partial charge >= 0.3 is 0 Å². The lowest BCUT2D eigenvalue weighted by Crippen LogP contribution is -2.37. The number of hydrogen-bond acceptors (Lipinski definition) is 2. The van der Waals surface area contributed by atoms with Crippen LogP contribution in [0.3, 0.4) is 0 Å². The van der Waals surface area contributed by atoms with Gasteiger partial charge in [0.05, 0.1) is 16.4 Å². The molecule has 1 N–H and O–H groups in total. The van der Waals surface area contributed by atoms with Crippen LogP contribution in [0.1, 0.15) is 45.0 Å². The summed E-state index contributed by atoms with van der Waals surface area (Å²) in [6, 6.07) is 0. The highest BCUT2D eigenvalue weighted by molar-refractivity contribution is 6.31. The first-order chi connectivity index (χ1) is 9.52. The Labute approximate surface area is 128 Å². The fraction of sp³-hybridized carbons (Fsp3) is 0.812. The third-order valence-electron chi connectivity index (χ3n) is 4.44. The number of nitrogens with one attached hydrogen (secondary N) is 1. The topological polar surface area (TPSA) is 29.9 Å². The van der Waals surface area contributed by atoms with Gasteiger partial charge in [0.2, 0.25) is 0 Å². The van der Waals surface area contributed by atoms with Crippen molar-refractivity contribution in [3.8, 4) is 0 Å². The highest BCUT2D eigenvalue weighted by atomic mass is 35.5. The molecule has 2 rings (SSSR count). The summed E-state index contributed by atoms with van der Waals surface area (Å²) >= 11 is 6.41. The Morgan fingerprint density at radius 3 is 2.60 bits per heavy atom. The van der Waals surface area contributed by atoms with Crippen LogP contribution >= 0.6 is 11.6 Å². The number of aryl methyl sites for hydroxylation is 2. The summed E-state index contributed by atoms with van der Waals surface area (Å²) in [6.07, 6.45) is 3.77. The maximum absolute atomic E-state index is 6.41. The molecule has 20 heavy (non-hydrogen) atoms. The van der Waals surface area contributed by atoms with Crippen LogP contribution in [0.4, 0.5) is 0 Å². The Bertz CT molecular complexity index is 439. The van der Waals surface area contributed by atoms with Gasteiger partial charge < -0.3 is 5.32 Å². The van der Waals surface area contributed by atoms with Gasteiger partial charge in [0.15, 0.2) is 0 Å². The number of rotatable bonds is 7. The minimum absolute atomic E-state index is 0.729. The number of aromatic nitrogens is 2. The van der Waals surface area contributed by atoms with Gasteiger partial charge in [-0.3, -0.25) is 4.68 Å². The quantitative estimate of drug-likeness (QED) is 0.832. The summed E-state index contributed by atoms with van der Waals surface area (Å²) in [4.78, 5) is 0. The molecule has 1 saturated carbocycles. The van der Waals surface area contributed by atoms with E-state index in [2.05, 4.69) is 35.9 Å². The fourth-order valence-corrected chi connectivity index (χ4v) is 3.26. The monoisotopic (exact) mass is 297 g/mol. The minimum Gasteiger partial charge on any atom is -0.316 e. The third-order valence-corrected chi connectivity index (χ3v) is 4.93. The standard InChI is InChI=1S/C16H28ClN3/c1-5-20-15(16(17)12(4)19-20)8-13-6-7-14(13)10-18-9-11(2)3/h11,13-14,18H,5-10H2,1-4H3. The molecular weight excluding hydrogens is 270 g/mol. The highest BCUT2D eigenvalue weighted by Crippen LogP contribution is 2.38. The lowest BCUT2D eigenvalue weighted by molar-refractivity contribution is 0.167. The molecule has 0 spiro atoms. The number of hydrogen-bond donors (Lipinski definition) is 1. The number of halogens is 1. The Kier molecular flexibility index (Phi) is 5.50. The van der Waals surface area contributed by atoms with Crippen LogP contribution < -0.4 is 5.32 Å². The molecule has 3 nitrogen and oxygen atoms in total. The van der Waals surface area contributed by atoms with Crippen LogP contribution in [0.2, 0.25) is 5.02 Å². The maximum atomic E-state index is 6.41. The zero-order valence-electron chi connectivity index (χ0n) is 13.2. The van der Waals surface area contributed by atoms with E-state index >= 15 is 0 Å². The van der Waals surface area contributed by atoms with Gasteiger partial charge in [-0.25, -0.2) is 0 Å². The largest absolute Gasteiger partial charge is 0.316 e. The van der Waals surface area contributed by atoms with Crippen LogP contribution in [-0.4, -0.2) is 22.9 Å². The molecule has 0 aromatic carbocycles. The van der Waals surface area contributed by atoms with E-state index in [0.717, 1.165) is 54.5 Å². The molecule has 0 bridgehead atoms. The Morgan fingerprint density at radius 2 is 2.05 bits per heavy atom. The second-order valence-corrected chi connectivity index (χ2v) is 6.89. The zero-order chi connectivity index (χ0) is 14.7. The van der Waals surface area contributed by atoms with E-state index in [1.807, 2.05) is 6.92 Å². The molecule has 4 heteroatoms. The Morgan fingerprint density at radius 1 is 1.35 bits per heavy atom. The molecule has 1 aromatic heterocycles. The zero-order valence-corrected chi connectivity index (χ0v) is 14.0. The van der Waals surface area contributed by atoms with Crippen molar-refractivity contribution in [2.45, 2.75) is 53.5 Å². The predicted molar refractivity (Wildman–Crippen MR) is 85.3 cm³/mol. The molecule has 2 atom stereocenters. The molecule has 0 saturated heterocycles. The maximum Gasteiger partial charge on any atom is 0.0847 e. The Hall–Kier alpha value is -0.540. The average Bonchev–Trinajstić information content (AvgIpc) is 2.66. The smallest absolute Gasteiger partial charge is 0.0847 e. The molecule has 1 aromatic rings. The van der Waals surface area contributed by atoms with E-state index in [4.69, 9.17) is 11.6 Å². The first-order valence-electron chi connectivity index (χ1n) is 7.95. The molecule has 0 aliphatic heterocycles. The summed E-state index contributed by atoms with van der Waals surface area (Å²) in [7, 11) is 0. The van der Waals surface area contributed by atoms with Crippen molar-refractivity contribution in [1.29, 1.82) is 0 Å². The van der Waals surface area contributed by atoms with Crippen molar-refractivity contribution in [1.82, 2.24) is 15.1 Å². The highest BCUT2D eigenvalue weighted by Gasteiger charge is 2.32. The molecule has 2 unspecified atom stereocenters. The lowest BCUT2D eigenvalue weighted by Gasteiger charge is -2.37. The molecule has 1 heterocycles. The number of nitrogens with zero attached hydrogens (tertiary/aromatic N) is 2. The molecular formula is C16H28ClN3. The van der Waals surface area contributed by atoms with Crippen LogP contribution in [-0.2, 0) is 13.0 Å². The van der Waals surface area contributed by atoms with Crippen LogP contribution in [0.15, 0.2) is 0 Å². The molecule has 0 amide bonds. The van der Waals surface area contributed by atoms with Gasteiger partial charge in [-0.15, -0.1) is 0 Å². The third kappa shape index (κ3) is 3.56. The van der Waals surface area contributed by atoms with Crippen LogP contribution in [0.5, 0.6) is 0 Å². The molecule has 0 radical (unpaired) electrons. The summed E-state index contributed by atoms with van der Waals surface area (Å²) in [6.45, 7) is 11.8. The average molecular weight is 298 g/mol. The van der Waals surface area contributed by atoms with Crippen molar-refractivity contribution >= 4 is 11.6 Å². The second kappa shape index (κ2) is 6.95. The van der Waals surface area contributed by atoms with E-state index in [0.29, 0.717) is 0 Å². The van der Waals surface area contributed by atoms with Crippen molar-refractivity contribution < 1.29 is 0 Å². The molecule has 114 valence electrons. The van der Waals surface area contributed by atoms with Crippen molar-refractivity contribution in [2.24, 2.45) is 17.8 Å². The van der Waals surface area contributed by atoms with Gasteiger partial charge in [0.1, 0.15) is 0 Å². The molecule has 1 aliphatic carbocycles. The van der Waals surface area contributed by atoms with Gasteiger partial charge in [0.25, 0.3) is 0 Å². The summed E-state index contributed by atoms with van der Waals surface area (Å²) < 4.78 is 2.08. The van der Waals surface area contributed by atoms with Gasteiger partial charge in [-0.05, 0) is 64.0 Å². The minimum atomic E-state index is 0.729. The van der Waals surface area contributed by atoms with Crippen molar-refractivity contribution in [2.75, 3.05) is 13.1 Å². The van der Waals surface area contributed by atoms with Crippen LogP contribution in [0, 0.1) is 24.7 Å². The van der Waals surface area contributed by atoms with Crippen molar-refractivity contribution in [3.05, 3.63) is 16.4 Å². The SMILES string of the molecule is CCn1nc(C)c(Cl)c1CC1CCC1CNCC(C)C. The van der Waals surface area contributed by atoms with Gasteiger partial charge in [-0.2, -0.15) is 5.10 Å². The van der Waals surface area contributed by atoms with E-state index in [1.165, 1.54) is 18.5 Å². The van der Waals surface area contributed by atoms with Crippen molar-refractivity contribution in [3.63, 3.8) is 0 Å². The summed E-state index contributed by atoms with van der Waals surface area (Å²) in [5, 5.41) is 9.00. The lowest BCUT2D eigenvalue weighted by atomic mass is 9.71. The van der Waals surface area contributed by atoms with E-state index < -0.39 is 0 Å². The fourth-order valence-electron chi connectivity index (χ4n) is 3.05. The van der Waals surface area contributed by atoms with E-state index in [9.17, 15) is 0 Å². The Balaban J connectivity index is 1.90. The van der Waals surface area contributed by atoms with Gasteiger partial charge in [-0.1, -0.05) is 25.4 Å².